The van der Waals surface area contributed by atoms with Gasteiger partial charge in [0, 0.05) is 38.0 Å². The number of rotatable bonds is 3. The van der Waals surface area contributed by atoms with Crippen LogP contribution in [0.2, 0.25) is 0 Å². The van der Waals surface area contributed by atoms with Crippen molar-refractivity contribution in [2.75, 3.05) is 32.1 Å². The van der Waals surface area contributed by atoms with Gasteiger partial charge >= 0.3 is 6.09 Å². The van der Waals surface area contributed by atoms with Gasteiger partial charge in [0.2, 0.25) is 5.91 Å². The van der Waals surface area contributed by atoms with E-state index in [1.54, 1.807) is 11.8 Å². The number of ether oxygens (including phenoxy) is 1. The van der Waals surface area contributed by atoms with Crippen LogP contribution in [0.5, 0.6) is 0 Å². The monoisotopic (exact) mass is 288 g/mol. The highest BCUT2D eigenvalue weighted by atomic mass is 35.5. The van der Waals surface area contributed by atoms with Crippen molar-refractivity contribution >= 4 is 23.6 Å². The fourth-order valence-electron chi connectivity index (χ4n) is 2.84. The Bertz CT molecular complexity index is 343. The summed E-state index contributed by atoms with van der Waals surface area (Å²) in [5, 5.41) is 0. The molecule has 5 nitrogen and oxygen atoms in total. The van der Waals surface area contributed by atoms with Gasteiger partial charge in [-0.15, -0.1) is 11.6 Å². The van der Waals surface area contributed by atoms with Gasteiger partial charge in [-0.1, -0.05) is 0 Å². The van der Waals surface area contributed by atoms with E-state index in [1.165, 1.54) is 0 Å². The standard InChI is InChI=1S/C13H21ClN2O3/c1-2-19-13(18)15-5-3-11(4-6-15)16-9-10(8-14)7-12(16)17/h10-11H,2-9H2,1H3. The van der Waals surface area contributed by atoms with Crippen molar-refractivity contribution in [3.63, 3.8) is 0 Å². The van der Waals surface area contributed by atoms with Crippen LogP contribution in [-0.4, -0.2) is 60.0 Å². The topological polar surface area (TPSA) is 49.9 Å². The first-order valence-electron chi connectivity index (χ1n) is 6.92. The van der Waals surface area contributed by atoms with E-state index in [0.717, 1.165) is 19.4 Å². The Morgan fingerprint density at radius 2 is 2.11 bits per heavy atom. The molecule has 1 atom stereocenters. The number of amides is 2. The third-order valence-corrected chi connectivity index (χ3v) is 4.32. The molecule has 0 N–H and O–H groups in total. The van der Waals surface area contributed by atoms with Gasteiger partial charge in [-0.25, -0.2) is 4.79 Å². The van der Waals surface area contributed by atoms with Crippen LogP contribution in [0.3, 0.4) is 0 Å². The Balaban J connectivity index is 1.83. The van der Waals surface area contributed by atoms with Crippen LogP contribution in [0.25, 0.3) is 0 Å². The zero-order valence-corrected chi connectivity index (χ0v) is 12.1. The van der Waals surface area contributed by atoms with Crippen LogP contribution in [-0.2, 0) is 9.53 Å². The highest BCUT2D eigenvalue weighted by Crippen LogP contribution is 2.26. The molecule has 2 rings (SSSR count). The van der Waals surface area contributed by atoms with E-state index in [4.69, 9.17) is 16.3 Å². The van der Waals surface area contributed by atoms with Gasteiger partial charge in [-0.3, -0.25) is 4.79 Å². The third-order valence-electron chi connectivity index (χ3n) is 3.89. The third kappa shape index (κ3) is 3.32. The number of carbonyl (C=O) groups is 2. The van der Waals surface area contributed by atoms with Crippen LogP contribution in [0.4, 0.5) is 4.79 Å². The molecule has 2 heterocycles. The second-order valence-electron chi connectivity index (χ2n) is 5.19. The molecule has 0 aliphatic carbocycles. The summed E-state index contributed by atoms with van der Waals surface area (Å²) in [6, 6.07) is 0.256. The maximum Gasteiger partial charge on any atom is 0.409 e. The molecule has 6 heteroatoms. The highest BCUT2D eigenvalue weighted by Gasteiger charge is 2.36. The molecule has 0 spiro atoms. The average molecular weight is 289 g/mol. The van der Waals surface area contributed by atoms with E-state index in [-0.39, 0.29) is 24.0 Å². The van der Waals surface area contributed by atoms with Crippen LogP contribution >= 0.6 is 11.6 Å². The van der Waals surface area contributed by atoms with Gasteiger partial charge in [0.25, 0.3) is 0 Å². The number of piperidine rings is 1. The number of carbonyl (C=O) groups excluding carboxylic acids is 2. The van der Waals surface area contributed by atoms with Gasteiger partial charge in [0.05, 0.1) is 6.61 Å². The molecule has 108 valence electrons. The molecule has 0 aromatic carbocycles. The Kier molecular flexibility index (Phi) is 4.91. The van der Waals surface area contributed by atoms with Crippen molar-refractivity contribution in [2.45, 2.75) is 32.2 Å². The summed E-state index contributed by atoms with van der Waals surface area (Å²) >= 11 is 5.83. The van der Waals surface area contributed by atoms with Gasteiger partial charge in [0.15, 0.2) is 0 Å². The molecule has 1 unspecified atom stereocenters. The summed E-state index contributed by atoms with van der Waals surface area (Å²) in [6.45, 7) is 4.31. The number of alkyl halides is 1. The maximum absolute atomic E-state index is 11.9. The number of likely N-dealkylation sites (tertiary alicyclic amines) is 2. The summed E-state index contributed by atoms with van der Waals surface area (Å²) in [5.74, 6) is 1.04. The van der Waals surface area contributed by atoms with Crippen LogP contribution in [0.1, 0.15) is 26.2 Å². The lowest BCUT2D eigenvalue weighted by Crippen LogP contribution is -2.47. The highest BCUT2D eigenvalue weighted by molar-refractivity contribution is 6.18. The molecular formula is C13H21ClN2O3. The maximum atomic E-state index is 11.9. The first-order chi connectivity index (χ1) is 9.15. The van der Waals surface area contributed by atoms with Crippen LogP contribution < -0.4 is 0 Å². The molecule has 2 aliphatic rings. The summed E-state index contributed by atoms with van der Waals surface area (Å²) in [7, 11) is 0. The SMILES string of the molecule is CCOC(=O)N1CCC(N2CC(CCl)CC2=O)CC1. The number of hydrogen-bond donors (Lipinski definition) is 0. The molecule has 19 heavy (non-hydrogen) atoms. The van der Waals surface area contributed by atoms with Crippen LogP contribution in [0.15, 0.2) is 0 Å². The summed E-state index contributed by atoms with van der Waals surface area (Å²) in [5.41, 5.74) is 0. The molecule has 0 radical (unpaired) electrons. The van der Waals surface area contributed by atoms with Gasteiger partial charge in [0.1, 0.15) is 0 Å². The molecule has 0 bridgehead atoms. The average Bonchev–Trinajstić information content (AvgIpc) is 2.80. The van der Waals surface area contributed by atoms with Crippen molar-refractivity contribution in [3.8, 4) is 0 Å². The zero-order valence-electron chi connectivity index (χ0n) is 11.3. The Labute approximate surface area is 118 Å². The van der Waals surface area contributed by atoms with E-state index in [9.17, 15) is 9.59 Å². The molecule has 0 saturated carbocycles. The molecule has 2 aliphatic heterocycles. The molecule has 0 aromatic heterocycles. The fraction of sp³-hybridized carbons (Fsp3) is 0.846. The summed E-state index contributed by atoms with van der Waals surface area (Å²) in [6.07, 6.45) is 1.99. The smallest absolute Gasteiger partial charge is 0.409 e. The van der Waals surface area contributed by atoms with Gasteiger partial charge < -0.3 is 14.5 Å². The number of nitrogens with zero attached hydrogens (tertiary/aromatic N) is 2. The van der Waals surface area contributed by atoms with Crippen molar-refractivity contribution in [1.82, 2.24) is 9.80 Å². The lowest BCUT2D eigenvalue weighted by atomic mass is 10.0. The lowest BCUT2D eigenvalue weighted by molar-refractivity contribution is -0.130. The van der Waals surface area contributed by atoms with E-state index in [2.05, 4.69) is 0 Å². The van der Waals surface area contributed by atoms with Crippen LogP contribution in [0, 0.1) is 5.92 Å². The first kappa shape index (κ1) is 14.4. The minimum atomic E-state index is -0.243. The molecular weight excluding hydrogens is 268 g/mol. The van der Waals surface area contributed by atoms with Crippen molar-refractivity contribution in [3.05, 3.63) is 0 Å². The summed E-state index contributed by atoms with van der Waals surface area (Å²) in [4.78, 5) is 27.2. The minimum absolute atomic E-state index is 0.209. The predicted molar refractivity (Wildman–Crippen MR) is 72.2 cm³/mol. The largest absolute Gasteiger partial charge is 0.450 e. The normalized spacial score (nSPS) is 24.9. The predicted octanol–water partition coefficient (Wildman–Crippen LogP) is 1.69. The first-order valence-corrected chi connectivity index (χ1v) is 7.46. The molecule has 2 amide bonds. The minimum Gasteiger partial charge on any atom is -0.450 e. The van der Waals surface area contributed by atoms with Crippen molar-refractivity contribution in [1.29, 1.82) is 0 Å². The van der Waals surface area contributed by atoms with Crippen molar-refractivity contribution in [2.24, 2.45) is 5.92 Å². The zero-order chi connectivity index (χ0) is 13.8. The Hall–Kier alpha value is -0.970. The second-order valence-corrected chi connectivity index (χ2v) is 5.50. The van der Waals surface area contributed by atoms with E-state index in [1.807, 2.05) is 4.90 Å². The van der Waals surface area contributed by atoms with Gasteiger partial charge in [-0.05, 0) is 25.7 Å². The second kappa shape index (κ2) is 6.46. The molecule has 2 fully saturated rings. The van der Waals surface area contributed by atoms with Crippen molar-refractivity contribution < 1.29 is 14.3 Å². The molecule has 2 saturated heterocycles. The van der Waals surface area contributed by atoms with E-state index >= 15 is 0 Å². The van der Waals surface area contributed by atoms with E-state index < -0.39 is 0 Å². The fourth-order valence-corrected chi connectivity index (χ4v) is 3.05. The Morgan fingerprint density at radius 3 is 2.63 bits per heavy atom. The Morgan fingerprint density at radius 1 is 1.42 bits per heavy atom. The molecule has 0 aromatic rings. The number of halogens is 1. The summed E-state index contributed by atoms with van der Waals surface area (Å²) < 4.78 is 4.99. The quantitative estimate of drug-likeness (QED) is 0.743. The lowest BCUT2D eigenvalue weighted by Gasteiger charge is -2.36. The van der Waals surface area contributed by atoms with Gasteiger partial charge in [-0.2, -0.15) is 0 Å². The van der Waals surface area contributed by atoms with E-state index in [0.29, 0.717) is 32.0 Å². The number of hydrogen-bond acceptors (Lipinski definition) is 3.